The number of nitrogens with zero attached hydrogens (tertiary/aromatic N) is 1. The number of sulfone groups is 1. The Hall–Kier alpha value is -1.87. The number of thiazole rings is 1. The molecule has 26 heavy (non-hydrogen) atoms. The summed E-state index contributed by atoms with van der Waals surface area (Å²) >= 11 is 13.4. The molecule has 3 aromatic rings. The highest BCUT2D eigenvalue weighted by molar-refractivity contribution is 7.90. The number of carbonyl (C=O) groups is 1. The van der Waals surface area contributed by atoms with E-state index in [1.807, 2.05) is 0 Å². The fourth-order valence-electron chi connectivity index (χ4n) is 2.11. The Balaban J connectivity index is 1.71. The Bertz CT molecular complexity index is 1070. The molecule has 0 bridgehead atoms. The maximum absolute atomic E-state index is 12.1. The second-order valence-corrected chi connectivity index (χ2v) is 9.29. The normalized spacial score (nSPS) is 11.5. The third-order valence-corrected chi connectivity index (χ3v) is 5.78. The molecular formula is C16H12Cl2N2O4S2. The van der Waals surface area contributed by atoms with Gasteiger partial charge in [-0.15, -0.1) is 11.3 Å². The van der Waals surface area contributed by atoms with Crippen LogP contribution in [-0.4, -0.2) is 25.6 Å². The summed E-state index contributed by atoms with van der Waals surface area (Å²) in [6.45, 7) is 0. The van der Waals surface area contributed by atoms with E-state index in [9.17, 15) is 13.2 Å². The highest BCUT2D eigenvalue weighted by Gasteiger charge is 2.18. The second-order valence-electron chi connectivity index (χ2n) is 5.39. The van der Waals surface area contributed by atoms with E-state index < -0.39 is 15.7 Å². The van der Waals surface area contributed by atoms with Crippen LogP contribution in [0.3, 0.4) is 0 Å². The molecule has 136 valence electrons. The van der Waals surface area contributed by atoms with Crippen LogP contribution in [-0.2, 0) is 16.3 Å². The number of benzene rings is 1. The van der Waals surface area contributed by atoms with Gasteiger partial charge in [0.25, 0.3) is 5.91 Å². The highest BCUT2D eigenvalue weighted by Crippen LogP contribution is 2.27. The third kappa shape index (κ3) is 4.45. The van der Waals surface area contributed by atoms with Gasteiger partial charge in [0, 0.05) is 33.8 Å². The molecule has 1 amide bonds. The number of halogens is 2. The monoisotopic (exact) mass is 430 g/mol. The summed E-state index contributed by atoms with van der Waals surface area (Å²) in [6.07, 6.45) is 3.15. The van der Waals surface area contributed by atoms with E-state index >= 15 is 0 Å². The minimum atomic E-state index is -3.51. The molecule has 0 aliphatic rings. The van der Waals surface area contributed by atoms with Crippen molar-refractivity contribution in [2.45, 2.75) is 11.5 Å². The quantitative estimate of drug-likeness (QED) is 0.651. The van der Waals surface area contributed by atoms with Crippen molar-refractivity contribution in [3.05, 3.63) is 62.8 Å². The first kappa shape index (κ1) is 18.9. The standard InChI is InChI=1S/C16H12Cl2N2O4S2/c1-26(22,23)14-5-4-13(24-14)15(21)20-16-19-8-11(25-16)7-9-6-10(17)2-3-12(9)18/h2-6,8H,7H2,1H3,(H,19,20,21). The zero-order valence-corrected chi connectivity index (χ0v) is 16.5. The van der Waals surface area contributed by atoms with Crippen LogP contribution in [0.15, 0.2) is 46.0 Å². The van der Waals surface area contributed by atoms with Crippen LogP contribution in [0, 0.1) is 0 Å². The Morgan fingerprint density at radius 1 is 1.27 bits per heavy atom. The number of aromatic nitrogens is 1. The van der Waals surface area contributed by atoms with Crippen molar-refractivity contribution in [2.75, 3.05) is 11.6 Å². The molecule has 1 N–H and O–H groups in total. The van der Waals surface area contributed by atoms with E-state index in [0.29, 0.717) is 21.6 Å². The molecular weight excluding hydrogens is 419 g/mol. The van der Waals surface area contributed by atoms with Crippen molar-refractivity contribution in [3.63, 3.8) is 0 Å². The summed E-state index contributed by atoms with van der Waals surface area (Å²) in [5, 5.41) is 3.85. The average molecular weight is 431 g/mol. The van der Waals surface area contributed by atoms with Crippen molar-refractivity contribution < 1.29 is 17.6 Å². The molecule has 0 radical (unpaired) electrons. The van der Waals surface area contributed by atoms with Gasteiger partial charge in [0.15, 0.2) is 10.9 Å². The van der Waals surface area contributed by atoms with Crippen LogP contribution in [0.1, 0.15) is 21.0 Å². The van der Waals surface area contributed by atoms with Crippen LogP contribution in [0.25, 0.3) is 0 Å². The van der Waals surface area contributed by atoms with E-state index in [2.05, 4.69) is 10.3 Å². The molecule has 0 saturated carbocycles. The third-order valence-electron chi connectivity index (χ3n) is 3.32. The van der Waals surface area contributed by atoms with Gasteiger partial charge in [-0.2, -0.15) is 0 Å². The van der Waals surface area contributed by atoms with Crippen LogP contribution in [0.2, 0.25) is 10.0 Å². The predicted octanol–water partition coefficient (Wildman–Crippen LogP) is 4.29. The van der Waals surface area contributed by atoms with Crippen LogP contribution >= 0.6 is 34.5 Å². The number of rotatable bonds is 5. The SMILES string of the molecule is CS(=O)(=O)c1ccc(C(=O)Nc2ncc(Cc3cc(Cl)ccc3Cl)s2)o1. The number of nitrogens with one attached hydrogen (secondary N) is 1. The molecule has 1 aromatic carbocycles. The smallest absolute Gasteiger partial charge is 0.293 e. The molecule has 0 unspecified atom stereocenters. The summed E-state index contributed by atoms with van der Waals surface area (Å²) in [7, 11) is -3.51. The number of anilines is 1. The lowest BCUT2D eigenvalue weighted by Crippen LogP contribution is -2.10. The fraction of sp³-hybridized carbons (Fsp3) is 0.125. The molecule has 3 rings (SSSR count). The largest absolute Gasteiger partial charge is 0.440 e. The maximum Gasteiger partial charge on any atom is 0.293 e. The highest BCUT2D eigenvalue weighted by atomic mass is 35.5. The number of hydrogen-bond donors (Lipinski definition) is 1. The zero-order valence-electron chi connectivity index (χ0n) is 13.3. The Kier molecular flexibility index (Phi) is 5.38. The van der Waals surface area contributed by atoms with Crippen molar-refractivity contribution in [2.24, 2.45) is 0 Å². The van der Waals surface area contributed by atoms with E-state index in [1.54, 1.807) is 24.4 Å². The van der Waals surface area contributed by atoms with Crippen molar-refractivity contribution in [1.29, 1.82) is 0 Å². The maximum atomic E-state index is 12.1. The minimum Gasteiger partial charge on any atom is -0.440 e. The van der Waals surface area contributed by atoms with Crippen LogP contribution < -0.4 is 5.32 Å². The summed E-state index contributed by atoms with van der Waals surface area (Å²) in [5.74, 6) is -0.693. The summed E-state index contributed by atoms with van der Waals surface area (Å²) < 4.78 is 27.9. The van der Waals surface area contributed by atoms with E-state index in [-0.39, 0.29) is 10.9 Å². The minimum absolute atomic E-state index is 0.111. The second kappa shape index (κ2) is 7.40. The lowest BCUT2D eigenvalue weighted by Gasteiger charge is -2.02. The number of amides is 1. The molecule has 2 heterocycles. The molecule has 0 saturated heterocycles. The molecule has 0 aliphatic heterocycles. The molecule has 6 nitrogen and oxygen atoms in total. The fourth-order valence-corrected chi connectivity index (χ4v) is 3.88. The molecule has 2 aromatic heterocycles. The Morgan fingerprint density at radius 2 is 2.04 bits per heavy atom. The topological polar surface area (TPSA) is 89.3 Å². The van der Waals surface area contributed by atoms with Gasteiger partial charge in [0.1, 0.15) is 0 Å². The van der Waals surface area contributed by atoms with Gasteiger partial charge in [-0.3, -0.25) is 10.1 Å². The number of hydrogen-bond acceptors (Lipinski definition) is 6. The van der Waals surface area contributed by atoms with E-state index in [0.717, 1.165) is 16.7 Å². The van der Waals surface area contributed by atoms with Gasteiger partial charge in [-0.1, -0.05) is 23.2 Å². The van der Waals surface area contributed by atoms with Gasteiger partial charge >= 0.3 is 0 Å². The van der Waals surface area contributed by atoms with E-state index in [4.69, 9.17) is 27.6 Å². The lowest BCUT2D eigenvalue weighted by molar-refractivity contribution is 0.0991. The molecule has 0 atom stereocenters. The van der Waals surface area contributed by atoms with Crippen molar-refractivity contribution >= 4 is 55.4 Å². The summed E-state index contributed by atoms with van der Waals surface area (Å²) in [5.41, 5.74) is 0.851. The molecule has 0 aliphatic carbocycles. The van der Waals surface area contributed by atoms with Gasteiger partial charge in [-0.05, 0) is 35.9 Å². The first-order valence-corrected chi connectivity index (χ1v) is 10.7. The molecule has 0 fully saturated rings. The van der Waals surface area contributed by atoms with Crippen LogP contribution in [0.4, 0.5) is 5.13 Å². The first-order valence-electron chi connectivity index (χ1n) is 7.22. The van der Waals surface area contributed by atoms with Crippen molar-refractivity contribution in [1.82, 2.24) is 4.98 Å². The Morgan fingerprint density at radius 3 is 2.73 bits per heavy atom. The zero-order chi connectivity index (χ0) is 18.9. The van der Waals surface area contributed by atoms with Gasteiger partial charge in [0.05, 0.1) is 0 Å². The Labute approximate surface area is 163 Å². The van der Waals surface area contributed by atoms with Crippen molar-refractivity contribution in [3.8, 4) is 0 Å². The average Bonchev–Trinajstić information content (AvgIpc) is 3.20. The van der Waals surface area contributed by atoms with Gasteiger partial charge in [-0.25, -0.2) is 13.4 Å². The molecule has 0 spiro atoms. The van der Waals surface area contributed by atoms with Gasteiger partial charge < -0.3 is 4.42 Å². The number of furan rings is 1. The van der Waals surface area contributed by atoms with E-state index in [1.165, 1.54) is 23.5 Å². The van der Waals surface area contributed by atoms with Crippen LogP contribution in [0.5, 0.6) is 0 Å². The summed E-state index contributed by atoms with van der Waals surface area (Å²) in [6, 6.07) is 7.74. The molecule has 10 heteroatoms. The number of carbonyl (C=O) groups excluding carboxylic acids is 1. The predicted molar refractivity (Wildman–Crippen MR) is 101 cm³/mol. The first-order chi connectivity index (χ1) is 12.2. The summed E-state index contributed by atoms with van der Waals surface area (Å²) in [4.78, 5) is 17.2. The van der Waals surface area contributed by atoms with Gasteiger partial charge in [0.2, 0.25) is 14.9 Å². The lowest BCUT2D eigenvalue weighted by atomic mass is 10.1.